The largest absolute Gasteiger partial charge is 0.508 e. The number of phenolic OH excluding ortho intramolecular Hbond substituents is 1. The molecule has 0 bridgehead atoms. The number of imidazole rings is 1. The van der Waals surface area contributed by atoms with Crippen molar-refractivity contribution < 1.29 is 23.1 Å². The fourth-order valence-corrected chi connectivity index (χ4v) is 5.38. The molecule has 8 nitrogen and oxygen atoms in total. The Morgan fingerprint density at radius 1 is 1.15 bits per heavy atom. The maximum Gasteiger partial charge on any atom is 0.340 e. The van der Waals surface area contributed by atoms with Crippen LogP contribution in [0.3, 0.4) is 0 Å². The van der Waals surface area contributed by atoms with Crippen LogP contribution in [-0.4, -0.2) is 40.2 Å². The molecule has 2 aromatic heterocycles. The first kappa shape index (κ1) is 22.6. The number of nitrogens with zero attached hydrogens (tertiary/aromatic N) is 3. The number of ether oxygens (including phenoxy) is 1. The van der Waals surface area contributed by atoms with Gasteiger partial charge >= 0.3 is 5.97 Å². The van der Waals surface area contributed by atoms with Crippen LogP contribution in [0, 0.1) is 6.92 Å². The Morgan fingerprint density at radius 2 is 1.88 bits per heavy atom. The molecule has 0 spiro atoms. The Labute approximate surface area is 192 Å². The molecule has 0 saturated carbocycles. The first-order valence-electron chi connectivity index (χ1n) is 10.5. The predicted molar refractivity (Wildman–Crippen MR) is 124 cm³/mol. The van der Waals surface area contributed by atoms with E-state index in [0.717, 1.165) is 5.56 Å². The number of rotatable bonds is 7. The number of esters is 1. The topological polar surface area (TPSA) is 103 Å². The van der Waals surface area contributed by atoms with Crippen LogP contribution in [0.25, 0.3) is 10.9 Å². The van der Waals surface area contributed by atoms with Crippen molar-refractivity contribution >= 4 is 26.7 Å². The zero-order valence-electron chi connectivity index (χ0n) is 18.6. The molecule has 0 aliphatic rings. The van der Waals surface area contributed by atoms with E-state index in [0.29, 0.717) is 22.2 Å². The maximum atomic E-state index is 13.3. The van der Waals surface area contributed by atoms with Gasteiger partial charge in [0.25, 0.3) is 0 Å². The maximum absolute atomic E-state index is 13.3. The van der Waals surface area contributed by atoms with Gasteiger partial charge in [-0.05, 0) is 38.1 Å². The Balaban J connectivity index is 1.94. The molecule has 0 aliphatic heterocycles. The second kappa shape index (κ2) is 8.74. The predicted octanol–water partition coefficient (Wildman–Crippen LogP) is 3.59. The molecule has 2 aromatic carbocycles. The summed E-state index contributed by atoms with van der Waals surface area (Å²) < 4.78 is 35.3. The Bertz CT molecular complexity index is 1420. The van der Waals surface area contributed by atoms with Crippen LogP contribution in [0.5, 0.6) is 5.75 Å². The lowest BCUT2D eigenvalue weighted by molar-refractivity contribution is 0.0527. The highest BCUT2D eigenvalue weighted by Gasteiger charge is 2.29. The molecule has 33 heavy (non-hydrogen) atoms. The minimum Gasteiger partial charge on any atom is -0.508 e. The lowest BCUT2D eigenvalue weighted by Gasteiger charge is -2.10. The van der Waals surface area contributed by atoms with Gasteiger partial charge in [-0.1, -0.05) is 17.7 Å². The van der Waals surface area contributed by atoms with E-state index < -0.39 is 15.8 Å². The third-order valence-electron chi connectivity index (χ3n) is 5.66. The lowest BCUT2D eigenvalue weighted by atomic mass is 10.0. The molecule has 2 heterocycles. The van der Waals surface area contributed by atoms with E-state index in [9.17, 15) is 18.3 Å². The molecular formula is C24H25N3O5S. The smallest absolute Gasteiger partial charge is 0.340 e. The molecule has 4 rings (SSSR count). The van der Waals surface area contributed by atoms with Crippen molar-refractivity contribution in [2.24, 2.45) is 7.05 Å². The van der Waals surface area contributed by atoms with Crippen LogP contribution < -0.4 is 0 Å². The van der Waals surface area contributed by atoms with E-state index in [1.807, 2.05) is 6.92 Å². The van der Waals surface area contributed by atoms with Crippen molar-refractivity contribution in [2.45, 2.75) is 31.0 Å². The number of carbonyl (C=O) groups is 1. The summed E-state index contributed by atoms with van der Waals surface area (Å²) in [4.78, 5) is 17.3. The number of aromatic nitrogens is 3. The highest BCUT2D eigenvalue weighted by Crippen LogP contribution is 2.36. The highest BCUT2D eigenvalue weighted by atomic mass is 32.2. The first-order valence-corrected chi connectivity index (χ1v) is 12.1. The van der Waals surface area contributed by atoms with Gasteiger partial charge in [-0.2, -0.15) is 0 Å². The van der Waals surface area contributed by atoms with Crippen molar-refractivity contribution in [2.75, 3.05) is 6.61 Å². The number of hydrogen-bond donors (Lipinski definition) is 1. The standard InChI is InChI=1S/C24H25N3O5S/c1-4-32-24(29)23-20(14-33(30,31)17-7-5-16(2)6-8-17)26(3)19-9-10-21(28)18(22(19)23)13-27-12-11-25-15-27/h5-12,15,28H,4,13-14H2,1-3H3. The van der Waals surface area contributed by atoms with Gasteiger partial charge < -0.3 is 19.0 Å². The van der Waals surface area contributed by atoms with E-state index in [-0.39, 0.29) is 35.1 Å². The van der Waals surface area contributed by atoms with E-state index in [2.05, 4.69) is 4.98 Å². The van der Waals surface area contributed by atoms with Crippen LogP contribution in [-0.2, 0) is 33.9 Å². The first-order chi connectivity index (χ1) is 15.7. The van der Waals surface area contributed by atoms with Gasteiger partial charge in [0.1, 0.15) is 5.75 Å². The Kier molecular flexibility index (Phi) is 5.99. The molecule has 1 N–H and O–H groups in total. The van der Waals surface area contributed by atoms with Crippen LogP contribution in [0.15, 0.2) is 60.0 Å². The second-order valence-corrected chi connectivity index (χ2v) is 9.86. The summed E-state index contributed by atoms with van der Waals surface area (Å²) >= 11 is 0. The third kappa shape index (κ3) is 4.23. The number of aryl methyl sites for hydroxylation is 2. The molecule has 0 fully saturated rings. The summed E-state index contributed by atoms with van der Waals surface area (Å²) in [6, 6.07) is 9.82. The molecular weight excluding hydrogens is 442 g/mol. The quantitative estimate of drug-likeness (QED) is 0.417. The number of phenols is 1. The molecule has 0 aliphatic carbocycles. The van der Waals surface area contributed by atoms with Crippen LogP contribution >= 0.6 is 0 Å². The molecule has 172 valence electrons. The summed E-state index contributed by atoms with van der Waals surface area (Å²) in [7, 11) is -2.04. The van der Waals surface area contributed by atoms with Gasteiger partial charge in [0.05, 0.1) is 35.7 Å². The van der Waals surface area contributed by atoms with Gasteiger partial charge in [-0.15, -0.1) is 0 Å². The summed E-state index contributed by atoms with van der Waals surface area (Å²) in [5, 5.41) is 11.1. The fraction of sp³-hybridized carbons (Fsp3) is 0.250. The molecule has 4 aromatic rings. The van der Waals surface area contributed by atoms with Gasteiger partial charge in [0, 0.05) is 41.6 Å². The number of sulfone groups is 1. The van der Waals surface area contributed by atoms with E-state index in [1.54, 1.807) is 78.2 Å². The summed E-state index contributed by atoms with van der Waals surface area (Å²) in [6.45, 7) is 3.96. The van der Waals surface area contributed by atoms with E-state index >= 15 is 0 Å². The number of benzene rings is 2. The number of hydrogen-bond acceptors (Lipinski definition) is 6. The number of carbonyl (C=O) groups excluding carboxylic acids is 1. The summed E-state index contributed by atoms with van der Waals surface area (Å²) in [5.41, 5.74) is 2.52. The van der Waals surface area contributed by atoms with Gasteiger partial charge in [-0.25, -0.2) is 18.2 Å². The summed E-state index contributed by atoms with van der Waals surface area (Å²) in [5.74, 6) is -1.02. The minimum atomic E-state index is -3.75. The molecule has 0 saturated heterocycles. The van der Waals surface area contributed by atoms with Crippen molar-refractivity contribution in [1.82, 2.24) is 14.1 Å². The van der Waals surface area contributed by atoms with Crippen LogP contribution in [0.1, 0.15) is 34.1 Å². The average molecular weight is 468 g/mol. The lowest BCUT2D eigenvalue weighted by Crippen LogP contribution is -2.14. The van der Waals surface area contributed by atoms with Crippen molar-refractivity contribution in [3.8, 4) is 5.75 Å². The molecule has 9 heteroatoms. The minimum absolute atomic E-state index is 0.000269. The van der Waals surface area contributed by atoms with Crippen molar-refractivity contribution in [3.05, 3.63) is 77.5 Å². The highest BCUT2D eigenvalue weighted by molar-refractivity contribution is 7.90. The van der Waals surface area contributed by atoms with Crippen LogP contribution in [0.2, 0.25) is 0 Å². The number of aromatic hydroxyl groups is 1. The molecule has 0 radical (unpaired) electrons. The van der Waals surface area contributed by atoms with Gasteiger partial charge in [0.15, 0.2) is 9.84 Å². The molecule has 0 unspecified atom stereocenters. The second-order valence-electron chi connectivity index (χ2n) is 7.87. The number of fused-ring (bicyclic) bond motifs is 1. The molecule has 0 amide bonds. The average Bonchev–Trinajstić information content (AvgIpc) is 3.37. The van der Waals surface area contributed by atoms with Crippen molar-refractivity contribution in [1.29, 1.82) is 0 Å². The normalized spacial score (nSPS) is 11.7. The molecule has 0 atom stereocenters. The zero-order chi connectivity index (χ0) is 23.8. The summed E-state index contributed by atoms with van der Waals surface area (Å²) in [6.07, 6.45) is 4.97. The third-order valence-corrected chi connectivity index (χ3v) is 7.30. The Morgan fingerprint density at radius 3 is 2.52 bits per heavy atom. The fourth-order valence-electron chi connectivity index (χ4n) is 3.96. The SMILES string of the molecule is CCOC(=O)c1c(CS(=O)(=O)c2ccc(C)cc2)n(C)c2ccc(O)c(Cn3ccnc3)c12. The monoisotopic (exact) mass is 467 g/mol. The van der Waals surface area contributed by atoms with E-state index in [1.165, 1.54) is 0 Å². The Hall–Kier alpha value is -3.59. The van der Waals surface area contributed by atoms with Crippen LogP contribution in [0.4, 0.5) is 0 Å². The van der Waals surface area contributed by atoms with Gasteiger partial charge in [-0.3, -0.25) is 0 Å². The van der Waals surface area contributed by atoms with Gasteiger partial charge in [0.2, 0.25) is 0 Å². The van der Waals surface area contributed by atoms with E-state index in [4.69, 9.17) is 4.74 Å². The van der Waals surface area contributed by atoms with Crippen molar-refractivity contribution in [3.63, 3.8) is 0 Å². The zero-order valence-corrected chi connectivity index (χ0v) is 19.5.